The van der Waals surface area contributed by atoms with Crippen LogP contribution in [0.25, 0.3) is 0 Å². The maximum atomic E-state index is 12.2. The van der Waals surface area contributed by atoms with Gasteiger partial charge in [-0.05, 0) is 25.7 Å². The summed E-state index contributed by atoms with van der Waals surface area (Å²) in [4.78, 5) is 14.2. The highest BCUT2D eigenvalue weighted by atomic mass is 16.2. The second kappa shape index (κ2) is 4.82. The van der Waals surface area contributed by atoms with E-state index in [0.717, 1.165) is 25.0 Å². The summed E-state index contributed by atoms with van der Waals surface area (Å²) in [6.07, 6.45) is 2.21. The zero-order chi connectivity index (χ0) is 11.6. The van der Waals surface area contributed by atoms with Gasteiger partial charge < -0.3 is 4.90 Å². The van der Waals surface area contributed by atoms with Crippen molar-refractivity contribution in [1.29, 1.82) is 0 Å². The first kappa shape index (κ1) is 12.3. The van der Waals surface area contributed by atoms with Gasteiger partial charge >= 0.3 is 0 Å². The van der Waals surface area contributed by atoms with Crippen molar-refractivity contribution < 1.29 is 4.79 Å². The summed E-state index contributed by atoms with van der Waals surface area (Å²) in [6, 6.07) is 0.290. The number of hydrogen-bond acceptors (Lipinski definition) is 1. The summed E-state index contributed by atoms with van der Waals surface area (Å²) < 4.78 is 0. The van der Waals surface area contributed by atoms with Crippen LogP contribution in [-0.4, -0.2) is 23.4 Å². The molecule has 1 aliphatic rings. The minimum Gasteiger partial charge on any atom is -0.336 e. The van der Waals surface area contributed by atoms with Gasteiger partial charge in [-0.1, -0.05) is 32.9 Å². The lowest BCUT2D eigenvalue weighted by atomic mass is 9.96. The van der Waals surface area contributed by atoms with E-state index in [9.17, 15) is 4.79 Å². The molecule has 1 heterocycles. The molecular formula is C13H23NO. The van der Waals surface area contributed by atoms with Gasteiger partial charge in [0.15, 0.2) is 0 Å². The van der Waals surface area contributed by atoms with Gasteiger partial charge in [0, 0.05) is 12.5 Å². The van der Waals surface area contributed by atoms with Crippen molar-refractivity contribution >= 4 is 5.91 Å². The molecule has 2 atom stereocenters. The molecular weight excluding hydrogens is 186 g/mol. The summed E-state index contributed by atoms with van der Waals surface area (Å²) >= 11 is 0. The molecule has 0 N–H and O–H groups in total. The van der Waals surface area contributed by atoms with E-state index < -0.39 is 0 Å². The molecule has 1 unspecified atom stereocenters. The molecule has 0 radical (unpaired) electrons. The molecule has 0 saturated carbocycles. The molecule has 0 bridgehead atoms. The van der Waals surface area contributed by atoms with Crippen LogP contribution in [0.1, 0.15) is 40.5 Å². The average molecular weight is 209 g/mol. The number of rotatable bonds is 3. The Bertz CT molecular complexity index is 257. The maximum Gasteiger partial charge on any atom is 0.226 e. The second-order valence-electron chi connectivity index (χ2n) is 5.07. The van der Waals surface area contributed by atoms with Crippen molar-refractivity contribution in [2.75, 3.05) is 6.54 Å². The summed E-state index contributed by atoms with van der Waals surface area (Å²) in [5, 5.41) is 0. The molecule has 0 aliphatic carbocycles. The predicted molar refractivity (Wildman–Crippen MR) is 63.6 cm³/mol. The SMILES string of the molecule is C=C(C)C1CCCN1C(=O)[C@@H](C)C(C)C. The smallest absolute Gasteiger partial charge is 0.226 e. The summed E-state index contributed by atoms with van der Waals surface area (Å²) in [5.41, 5.74) is 1.12. The Morgan fingerprint density at radius 3 is 2.47 bits per heavy atom. The van der Waals surface area contributed by atoms with E-state index >= 15 is 0 Å². The highest BCUT2D eigenvalue weighted by molar-refractivity contribution is 5.79. The molecule has 0 aromatic carbocycles. The Balaban J connectivity index is 2.70. The molecule has 1 amide bonds. The zero-order valence-corrected chi connectivity index (χ0v) is 10.4. The fourth-order valence-electron chi connectivity index (χ4n) is 2.09. The second-order valence-corrected chi connectivity index (χ2v) is 5.07. The Kier molecular flexibility index (Phi) is 3.95. The average Bonchev–Trinajstić information content (AvgIpc) is 2.63. The fourth-order valence-corrected chi connectivity index (χ4v) is 2.09. The maximum absolute atomic E-state index is 12.2. The lowest BCUT2D eigenvalue weighted by Crippen LogP contribution is -2.40. The van der Waals surface area contributed by atoms with Crippen LogP contribution in [-0.2, 0) is 4.79 Å². The number of amides is 1. The molecule has 2 heteroatoms. The Labute approximate surface area is 93.3 Å². The number of hydrogen-bond donors (Lipinski definition) is 0. The van der Waals surface area contributed by atoms with Crippen LogP contribution in [0.3, 0.4) is 0 Å². The van der Waals surface area contributed by atoms with E-state index in [1.54, 1.807) is 0 Å². The first-order valence-electron chi connectivity index (χ1n) is 5.91. The van der Waals surface area contributed by atoms with Gasteiger partial charge in [-0.25, -0.2) is 0 Å². The number of nitrogens with zero attached hydrogens (tertiary/aromatic N) is 1. The Morgan fingerprint density at radius 2 is 2.00 bits per heavy atom. The van der Waals surface area contributed by atoms with E-state index in [1.807, 2.05) is 18.7 Å². The molecule has 0 aromatic heterocycles. The summed E-state index contributed by atoms with van der Waals surface area (Å²) in [5.74, 6) is 0.851. The minimum atomic E-state index is 0.130. The molecule has 1 saturated heterocycles. The summed E-state index contributed by atoms with van der Waals surface area (Å²) in [7, 11) is 0. The molecule has 2 nitrogen and oxygen atoms in total. The van der Waals surface area contributed by atoms with Crippen molar-refractivity contribution in [2.45, 2.75) is 46.6 Å². The van der Waals surface area contributed by atoms with E-state index in [1.165, 1.54) is 0 Å². The highest BCUT2D eigenvalue weighted by Crippen LogP contribution is 2.26. The van der Waals surface area contributed by atoms with Crippen LogP contribution in [0.15, 0.2) is 12.2 Å². The highest BCUT2D eigenvalue weighted by Gasteiger charge is 2.32. The van der Waals surface area contributed by atoms with Crippen molar-refractivity contribution in [3.05, 3.63) is 12.2 Å². The lowest BCUT2D eigenvalue weighted by molar-refractivity contribution is -0.136. The van der Waals surface area contributed by atoms with Gasteiger partial charge in [-0.2, -0.15) is 0 Å². The van der Waals surface area contributed by atoms with E-state index in [-0.39, 0.29) is 5.92 Å². The molecule has 0 aromatic rings. The van der Waals surface area contributed by atoms with E-state index in [0.29, 0.717) is 17.9 Å². The van der Waals surface area contributed by atoms with Crippen LogP contribution in [0.5, 0.6) is 0 Å². The normalized spacial score (nSPS) is 23.3. The third kappa shape index (κ3) is 2.61. The Morgan fingerprint density at radius 1 is 1.40 bits per heavy atom. The minimum absolute atomic E-state index is 0.130. The van der Waals surface area contributed by atoms with Crippen LogP contribution in [0.4, 0.5) is 0 Å². The Hall–Kier alpha value is -0.790. The third-order valence-corrected chi connectivity index (χ3v) is 3.49. The molecule has 1 rings (SSSR count). The molecule has 86 valence electrons. The number of likely N-dealkylation sites (tertiary alicyclic amines) is 1. The largest absolute Gasteiger partial charge is 0.336 e. The van der Waals surface area contributed by atoms with Crippen molar-refractivity contribution in [3.8, 4) is 0 Å². The van der Waals surface area contributed by atoms with Crippen molar-refractivity contribution in [2.24, 2.45) is 11.8 Å². The first-order valence-corrected chi connectivity index (χ1v) is 5.91. The fraction of sp³-hybridized carbons (Fsp3) is 0.769. The van der Waals surface area contributed by atoms with Gasteiger partial charge in [0.05, 0.1) is 6.04 Å². The van der Waals surface area contributed by atoms with Crippen molar-refractivity contribution in [3.63, 3.8) is 0 Å². The molecule has 0 spiro atoms. The van der Waals surface area contributed by atoms with Gasteiger partial charge in [-0.15, -0.1) is 0 Å². The van der Waals surface area contributed by atoms with Crippen LogP contribution >= 0.6 is 0 Å². The van der Waals surface area contributed by atoms with Crippen molar-refractivity contribution in [1.82, 2.24) is 4.90 Å². The molecule has 15 heavy (non-hydrogen) atoms. The van der Waals surface area contributed by atoms with Crippen LogP contribution in [0, 0.1) is 11.8 Å². The predicted octanol–water partition coefficient (Wildman–Crippen LogP) is 2.85. The molecule has 1 fully saturated rings. The third-order valence-electron chi connectivity index (χ3n) is 3.49. The topological polar surface area (TPSA) is 20.3 Å². The lowest BCUT2D eigenvalue weighted by Gasteiger charge is -2.29. The quantitative estimate of drug-likeness (QED) is 0.654. The summed E-state index contributed by atoms with van der Waals surface area (Å²) in [6.45, 7) is 13.2. The van der Waals surface area contributed by atoms with Gasteiger partial charge in [0.1, 0.15) is 0 Å². The number of carbonyl (C=O) groups excluding carboxylic acids is 1. The van der Waals surface area contributed by atoms with Gasteiger partial charge in [-0.3, -0.25) is 4.79 Å². The van der Waals surface area contributed by atoms with Gasteiger partial charge in [0.2, 0.25) is 5.91 Å². The van der Waals surface area contributed by atoms with Crippen LogP contribution in [0.2, 0.25) is 0 Å². The van der Waals surface area contributed by atoms with E-state index in [4.69, 9.17) is 0 Å². The van der Waals surface area contributed by atoms with E-state index in [2.05, 4.69) is 20.4 Å². The van der Waals surface area contributed by atoms with Crippen LogP contribution < -0.4 is 0 Å². The standard InChI is InChI=1S/C13H23NO/c1-9(2)11(5)13(15)14-8-6-7-12(14)10(3)4/h9,11-12H,3,6-8H2,1-2,4-5H3/t11-,12?/m0/s1. The zero-order valence-electron chi connectivity index (χ0n) is 10.4. The molecule has 1 aliphatic heterocycles. The van der Waals surface area contributed by atoms with Gasteiger partial charge in [0.25, 0.3) is 0 Å². The first-order chi connectivity index (χ1) is 6.95. The monoisotopic (exact) mass is 209 g/mol. The number of carbonyl (C=O) groups is 1.